The van der Waals surface area contributed by atoms with Gasteiger partial charge < -0.3 is 9.30 Å². The Balaban J connectivity index is 1.60. The number of aromatic nitrogens is 3. The van der Waals surface area contributed by atoms with Crippen LogP contribution in [0.4, 0.5) is 0 Å². The maximum absolute atomic E-state index is 6.00. The number of halogens is 2. The Kier molecular flexibility index (Phi) is 5.66. The molecule has 3 aromatic rings. The normalized spacial score (nSPS) is 10.8. The molecule has 2 aromatic carbocycles. The van der Waals surface area contributed by atoms with Gasteiger partial charge in [-0.2, -0.15) is 0 Å². The third kappa shape index (κ3) is 4.44. The Bertz CT molecular complexity index is 821. The zero-order chi connectivity index (χ0) is 16.9. The van der Waals surface area contributed by atoms with Gasteiger partial charge in [0.05, 0.1) is 0 Å². The topological polar surface area (TPSA) is 39.9 Å². The van der Waals surface area contributed by atoms with E-state index in [-0.39, 0.29) is 0 Å². The van der Waals surface area contributed by atoms with Crippen molar-refractivity contribution in [3.63, 3.8) is 0 Å². The third-order valence-electron chi connectivity index (χ3n) is 3.36. The first kappa shape index (κ1) is 17.1. The minimum atomic E-state index is 0.350. The molecule has 0 aliphatic heterocycles. The second-order valence-electron chi connectivity index (χ2n) is 5.12. The molecule has 0 radical (unpaired) electrons. The van der Waals surface area contributed by atoms with Crippen LogP contribution in [0.5, 0.6) is 5.75 Å². The molecule has 0 aliphatic rings. The summed E-state index contributed by atoms with van der Waals surface area (Å²) in [5, 5.41) is 10.7. The summed E-state index contributed by atoms with van der Waals surface area (Å²) in [4.78, 5) is 0. The fourth-order valence-electron chi connectivity index (χ4n) is 2.05. The van der Waals surface area contributed by atoms with Crippen LogP contribution in [0.2, 0.25) is 10.0 Å². The molecule has 0 amide bonds. The molecule has 0 saturated carbocycles. The van der Waals surface area contributed by atoms with Crippen molar-refractivity contribution >= 4 is 35.0 Å². The van der Waals surface area contributed by atoms with Crippen LogP contribution >= 0.6 is 35.0 Å². The highest BCUT2D eigenvalue weighted by atomic mass is 35.5. The Morgan fingerprint density at radius 2 is 1.83 bits per heavy atom. The number of rotatable bonds is 6. The van der Waals surface area contributed by atoms with Crippen LogP contribution in [-0.4, -0.2) is 14.8 Å². The summed E-state index contributed by atoms with van der Waals surface area (Å²) in [6.07, 6.45) is 0. The minimum absolute atomic E-state index is 0.350. The van der Waals surface area contributed by atoms with E-state index in [2.05, 4.69) is 10.2 Å². The van der Waals surface area contributed by atoms with E-state index in [4.69, 9.17) is 27.9 Å². The molecule has 0 spiro atoms. The quantitative estimate of drug-likeness (QED) is 0.565. The van der Waals surface area contributed by atoms with E-state index in [1.54, 1.807) is 23.9 Å². The van der Waals surface area contributed by atoms with E-state index in [0.29, 0.717) is 11.6 Å². The van der Waals surface area contributed by atoms with E-state index in [1.165, 1.54) is 0 Å². The number of hydrogen-bond acceptors (Lipinski definition) is 4. The predicted octanol–water partition coefficient (Wildman–Crippen LogP) is 4.99. The number of ether oxygens (including phenoxy) is 1. The molecule has 0 bridgehead atoms. The first-order valence-corrected chi connectivity index (χ1v) is 9.00. The molecule has 0 N–H and O–H groups in total. The molecule has 3 rings (SSSR count). The summed E-state index contributed by atoms with van der Waals surface area (Å²) in [5.74, 6) is 2.29. The highest BCUT2D eigenvalue weighted by Gasteiger charge is 2.10. The second kappa shape index (κ2) is 7.92. The van der Waals surface area contributed by atoms with Crippen molar-refractivity contribution in [3.05, 3.63) is 70.0 Å². The fraction of sp³-hybridized carbons (Fsp3) is 0.176. The predicted molar refractivity (Wildman–Crippen MR) is 97.8 cm³/mol. The Labute approximate surface area is 154 Å². The van der Waals surface area contributed by atoms with Crippen molar-refractivity contribution in [3.8, 4) is 5.75 Å². The van der Waals surface area contributed by atoms with E-state index in [0.717, 1.165) is 33.1 Å². The van der Waals surface area contributed by atoms with Crippen molar-refractivity contribution in [2.75, 3.05) is 0 Å². The van der Waals surface area contributed by atoms with E-state index < -0.39 is 0 Å². The van der Waals surface area contributed by atoms with Gasteiger partial charge in [-0.05, 0) is 42.0 Å². The maximum atomic E-state index is 6.00. The lowest BCUT2D eigenvalue weighted by Gasteiger charge is -2.07. The molecule has 0 aliphatic carbocycles. The molecule has 124 valence electrons. The average molecular weight is 380 g/mol. The Morgan fingerprint density at radius 1 is 1.04 bits per heavy atom. The van der Waals surface area contributed by atoms with Gasteiger partial charge in [0.2, 0.25) is 0 Å². The summed E-state index contributed by atoms with van der Waals surface area (Å²) >= 11 is 13.5. The highest BCUT2D eigenvalue weighted by molar-refractivity contribution is 7.98. The molecular weight excluding hydrogens is 365 g/mol. The zero-order valence-electron chi connectivity index (χ0n) is 12.9. The smallest absolute Gasteiger partial charge is 0.191 e. The zero-order valence-corrected chi connectivity index (χ0v) is 15.3. The average Bonchev–Trinajstić information content (AvgIpc) is 2.93. The summed E-state index contributed by atoms with van der Waals surface area (Å²) in [6.45, 7) is 0.350. The minimum Gasteiger partial charge on any atom is -0.486 e. The molecular formula is C17H15Cl2N3OS. The van der Waals surface area contributed by atoms with Crippen molar-refractivity contribution in [2.24, 2.45) is 7.05 Å². The lowest BCUT2D eigenvalue weighted by atomic mass is 10.2. The molecule has 0 atom stereocenters. The SMILES string of the molecule is Cn1c(COc2ccc(Cl)cc2)nnc1SCc1cccc(Cl)c1. The van der Waals surface area contributed by atoms with Gasteiger partial charge in [-0.1, -0.05) is 47.1 Å². The maximum Gasteiger partial charge on any atom is 0.191 e. The van der Waals surface area contributed by atoms with Gasteiger partial charge in [0, 0.05) is 22.8 Å². The molecule has 1 aromatic heterocycles. The van der Waals surface area contributed by atoms with Crippen LogP contribution in [-0.2, 0) is 19.4 Å². The van der Waals surface area contributed by atoms with Crippen molar-refractivity contribution < 1.29 is 4.74 Å². The summed E-state index contributed by atoms with van der Waals surface area (Å²) in [7, 11) is 1.93. The van der Waals surface area contributed by atoms with Crippen LogP contribution < -0.4 is 4.74 Å². The molecule has 0 unspecified atom stereocenters. The second-order valence-corrected chi connectivity index (χ2v) is 6.93. The molecule has 0 saturated heterocycles. The molecule has 7 heteroatoms. The van der Waals surface area contributed by atoms with Crippen LogP contribution in [0.25, 0.3) is 0 Å². The lowest BCUT2D eigenvalue weighted by Crippen LogP contribution is -2.04. The van der Waals surface area contributed by atoms with Crippen molar-refractivity contribution in [1.82, 2.24) is 14.8 Å². The van der Waals surface area contributed by atoms with Crippen molar-refractivity contribution in [2.45, 2.75) is 17.5 Å². The standard InChI is InChI=1S/C17H15Cl2N3OS/c1-22-16(10-23-15-7-5-13(18)6-8-15)20-21-17(22)24-11-12-3-2-4-14(19)9-12/h2-9H,10-11H2,1H3. The Hall–Kier alpha value is -1.69. The number of nitrogens with zero attached hydrogens (tertiary/aromatic N) is 3. The third-order valence-corrected chi connectivity index (χ3v) is 4.94. The Morgan fingerprint density at radius 3 is 2.58 bits per heavy atom. The first-order chi connectivity index (χ1) is 11.6. The van der Waals surface area contributed by atoms with Gasteiger partial charge in [0.15, 0.2) is 11.0 Å². The van der Waals surface area contributed by atoms with Crippen LogP contribution in [0.1, 0.15) is 11.4 Å². The van der Waals surface area contributed by atoms with Gasteiger partial charge >= 0.3 is 0 Å². The molecule has 24 heavy (non-hydrogen) atoms. The first-order valence-electron chi connectivity index (χ1n) is 7.26. The summed E-state index contributed by atoms with van der Waals surface area (Å²) in [5.41, 5.74) is 1.15. The number of benzene rings is 2. The number of hydrogen-bond donors (Lipinski definition) is 0. The summed E-state index contributed by atoms with van der Waals surface area (Å²) in [6, 6.07) is 15.0. The van der Waals surface area contributed by atoms with Crippen molar-refractivity contribution in [1.29, 1.82) is 0 Å². The van der Waals surface area contributed by atoms with Gasteiger partial charge in [-0.25, -0.2) is 0 Å². The molecule has 0 fully saturated rings. The molecule has 1 heterocycles. The van der Waals surface area contributed by atoms with Gasteiger partial charge in [-0.15, -0.1) is 10.2 Å². The van der Waals surface area contributed by atoms with Gasteiger partial charge in [-0.3, -0.25) is 0 Å². The van der Waals surface area contributed by atoms with E-state index in [9.17, 15) is 0 Å². The van der Waals surface area contributed by atoms with Crippen LogP contribution in [0, 0.1) is 0 Å². The van der Waals surface area contributed by atoms with Gasteiger partial charge in [0.1, 0.15) is 12.4 Å². The van der Waals surface area contributed by atoms with E-state index in [1.807, 2.05) is 48.0 Å². The monoisotopic (exact) mass is 379 g/mol. The van der Waals surface area contributed by atoms with Gasteiger partial charge in [0.25, 0.3) is 0 Å². The van der Waals surface area contributed by atoms with Crippen LogP contribution in [0.15, 0.2) is 53.7 Å². The largest absolute Gasteiger partial charge is 0.486 e. The lowest BCUT2D eigenvalue weighted by molar-refractivity contribution is 0.290. The molecule has 4 nitrogen and oxygen atoms in total. The summed E-state index contributed by atoms with van der Waals surface area (Å²) < 4.78 is 7.65. The van der Waals surface area contributed by atoms with E-state index >= 15 is 0 Å². The van der Waals surface area contributed by atoms with Crippen LogP contribution in [0.3, 0.4) is 0 Å². The fourth-order valence-corrected chi connectivity index (χ4v) is 3.26. The highest BCUT2D eigenvalue weighted by Crippen LogP contribution is 2.23. The number of thioether (sulfide) groups is 1.